The van der Waals surface area contributed by atoms with Gasteiger partial charge in [-0.15, -0.1) is 12.3 Å². The van der Waals surface area contributed by atoms with Gasteiger partial charge in [0.25, 0.3) is 0 Å². The number of unbranched alkanes of at least 4 members (excludes halogenated alkanes) is 2. The van der Waals surface area contributed by atoms with Gasteiger partial charge in [0.2, 0.25) is 5.91 Å². The second kappa shape index (κ2) is 8.21. The first-order valence-electron chi connectivity index (χ1n) is 6.53. The van der Waals surface area contributed by atoms with E-state index in [1.165, 1.54) is 32.1 Å². The predicted octanol–water partition coefficient (Wildman–Crippen LogP) is 2.88. The van der Waals surface area contributed by atoms with E-state index in [1.807, 2.05) is 0 Å². The first kappa shape index (κ1) is 13.1. The lowest BCUT2D eigenvalue weighted by atomic mass is 9.87. The molecule has 2 heteroatoms. The van der Waals surface area contributed by atoms with Gasteiger partial charge in [0.15, 0.2) is 0 Å². The van der Waals surface area contributed by atoms with Crippen LogP contribution in [0.15, 0.2) is 0 Å². The van der Waals surface area contributed by atoms with Crippen LogP contribution in [0.2, 0.25) is 0 Å². The third-order valence-electron chi connectivity index (χ3n) is 3.27. The zero-order chi connectivity index (χ0) is 11.6. The monoisotopic (exact) mass is 221 g/mol. The Kier molecular flexibility index (Phi) is 6.72. The molecule has 0 bridgehead atoms. The maximum Gasteiger partial charge on any atom is 0.220 e. The van der Waals surface area contributed by atoms with E-state index in [0.717, 1.165) is 32.2 Å². The minimum Gasteiger partial charge on any atom is -0.356 e. The van der Waals surface area contributed by atoms with Crippen LogP contribution in [0.5, 0.6) is 0 Å². The average Bonchev–Trinajstić information content (AvgIpc) is 2.30. The van der Waals surface area contributed by atoms with Crippen molar-refractivity contribution in [3.05, 3.63) is 0 Å². The number of terminal acetylenes is 1. The van der Waals surface area contributed by atoms with E-state index in [4.69, 9.17) is 6.42 Å². The summed E-state index contributed by atoms with van der Waals surface area (Å²) in [5.41, 5.74) is 0. The lowest BCUT2D eigenvalue weighted by molar-refractivity contribution is -0.122. The Morgan fingerprint density at radius 1 is 1.25 bits per heavy atom. The van der Waals surface area contributed by atoms with Crippen LogP contribution < -0.4 is 5.32 Å². The van der Waals surface area contributed by atoms with Crippen molar-refractivity contribution in [3.63, 3.8) is 0 Å². The van der Waals surface area contributed by atoms with Crippen LogP contribution in [-0.4, -0.2) is 12.5 Å². The molecular formula is C14H23NO. The molecule has 0 heterocycles. The van der Waals surface area contributed by atoms with Crippen LogP contribution in [-0.2, 0) is 4.79 Å². The summed E-state index contributed by atoms with van der Waals surface area (Å²) in [7, 11) is 0. The summed E-state index contributed by atoms with van der Waals surface area (Å²) in [6.07, 6.45) is 15.2. The molecule has 0 radical (unpaired) electrons. The average molecular weight is 221 g/mol. The lowest BCUT2D eigenvalue weighted by Crippen LogP contribution is -2.27. The fourth-order valence-corrected chi connectivity index (χ4v) is 2.31. The van der Waals surface area contributed by atoms with E-state index < -0.39 is 0 Å². The smallest absolute Gasteiger partial charge is 0.220 e. The number of carbonyl (C=O) groups excluding carboxylic acids is 1. The van der Waals surface area contributed by atoms with Crippen molar-refractivity contribution in [1.82, 2.24) is 5.32 Å². The van der Waals surface area contributed by atoms with Crippen molar-refractivity contribution in [2.45, 2.75) is 57.8 Å². The maximum absolute atomic E-state index is 11.6. The minimum atomic E-state index is 0.229. The third kappa shape index (κ3) is 5.80. The Morgan fingerprint density at radius 2 is 2.00 bits per heavy atom. The largest absolute Gasteiger partial charge is 0.356 e. The molecule has 0 aromatic heterocycles. The van der Waals surface area contributed by atoms with E-state index in [9.17, 15) is 4.79 Å². The molecule has 1 fully saturated rings. The number of hydrogen-bond donors (Lipinski definition) is 1. The number of nitrogens with one attached hydrogen (secondary N) is 1. The molecule has 1 amide bonds. The van der Waals surface area contributed by atoms with Crippen LogP contribution in [0.1, 0.15) is 57.8 Å². The van der Waals surface area contributed by atoms with Crippen LogP contribution in [0.4, 0.5) is 0 Å². The number of hydrogen-bond acceptors (Lipinski definition) is 1. The highest BCUT2D eigenvalue weighted by Crippen LogP contribution is 2.25. The van der Waals surface area contributed by atoms with Crippen molar-refractivity contribution >= 4 is 5.91 Å². The van der Waals surface area contributed by atoms with Gasteiger partial charge in [0.1, 0.15) is 0 Å². The molecule has 1 aliphatic carbocycles. The molecule has 0 atom stereocenters. The van der Waals surface area contributed by atoms with Gasteiger partial charge in [-0.25, -0.2) is 0 Å². The summed E-state index contributed by atoms with van der Waals surface area (Å²) >= 11 is 0. The fourth-order valence-electron chi connectivity index (χ4n) is 2.31. The maximum atomic E-state index is 11.6. The zero-order valence-corrected chi connectivity index (χ0v) is 10.1. The van der Waals surface area contributed by atoms with Gasteiger partial charge in [-0.1, -0.05) is 19.3 Å². The first-order valence-corrected chi connectivity index (χ1v) is 6.53. The summed E-state index contributed by atoms with van der Waals surface area (Å²) in [6, 6.07) is 0. The molecule has 1 rings (SSSR count). The molecule has 1 saturated carbocycles. The summed E-state index contributed by atoms with van der Waals surface area (Å²) in [5.74, 6) is 3.48. The van der Waals surface area contributed by atoms with Gasteiger partial charge in [0, 0.05) is 19.4 Å². The second-order valence-corrected chi connectivity index (χ2v) is 4.72. The molecule has 16 heavy (non-hydrogen) atoms. The quantitative estimate of drug-likeness (QED) is 0.542. The second-order valence-electron chi connectivity index (χ2n) is 4.72. The zero-order valence-electron chi connectivity index (χ0n) is 10.1. The molecule has 1 N–H and O–H groups in total. The van der Waals surface area contributed by atoms with E-state index >= 15 is 0 Å². The van der Waals surface area contributed by atoms with Crippen LogP contribution in [0, 0.1) is 18.3 Å². The molecule has 0 saturated heterocycles. The molecule has 0 aliphatic heterocycles. The predicted molar refractivity (Wildman–Crippen MR) is 66.9 cm³/mol. The van der Waals surface area contributed by atoms with E-state index in [1.54, 1.807) is 0 Å². The summed E-state index contributed by atoms with van der Waals surface area (Å²) < 4.78 is 0. The normalized spacial score (nSPS) is 16.7. The number of amides is 1. The fraction of sp³-hybridized carbons (Fsp3) is 0.786. The standard InChI is InChI=1S/C14H23NO/c1-2-3-4-8-11-15-14(16)12-13-9-6-5-7-10-13/h1,13H,3-12H2,(H,15,16). The van der Waals surface area contributed by atoms with Gasteiger partial charge in [-0.3, -0.25) is 4.79 Å². The van der Waals surface area contributed by atoms with Crippen molar-refractivity contribution in [2.24, 2.45) is 5.92 Å². The number of carbonyl (C=O) groups is 1. The van der Waals surface area contributed by atoms with Gasteiger partial charge in [-0.2, -0.15) is 0 Å². The minimum absolute atomic E-state index is 0.229. The Morgan fingerprint density at radius 3 is 2.69 bits per heavy atom. The van der Waals surface area contributed by atoms with E-state index in [2.05, 4.69) is 11.2 Å². The molecule has 2 nitrogen and oxygen atoms in total. The van der Waals surface area contributed by atoms with E-state index in [-0.39, 0.29) is 5.91 Å². The molecule has 1 aliphatic rings. The Hall–Kier alpha value is -0.970. The first-order chi connectivity index (χ1) is 7.83. The summed E-state index contributed by atoms with van der Waals surface area (Å²) in [5, 5.41) is 2.98. The van der Waals surface area contributed by atoms with Crippen LogP contribution >= 0.6 is 0 Å². The van der Waals surface area contributed by atoms with Gasteiger partial charge < -0.3 is 5.32 Å². The Labute approximate surface area is 99.2 Å². The van der Waals surface area contributed by atoms with Crippen molar-refractivity contribution in [1.29, 1.82) is 0 Å². The molecule has 0 aromatic rings. The van der Waals surface area contributed by atoms with Gasteiger partial charge in [-0.05, 0) is 31.6 Å². The third-order valence-corrected chi connectivity index (χ3v) is 3.27. The highest BCUT2D eigenvalue weighted by molar-refractivity contribution is 5.76. The molecule has 0 spiro atoms. The highest BCUT2D eigenvalue weighted by atomic mass is 16.1. The van der Waals surface area contributed by atoms with Crippen molar-refractivity contribution in [2.75, 3.05) is 6.54 Å². The number of rotatable bonds is 6. The van der Waals surface area contributed by atoms with Gasteiger partial charge in [0.05, 0.1) is 0 Å². The topological polar surface area (TPSA) is 29.1 Å². The Bertz CT molecular complexity index is 236. The Balaban J connectivity index is 1.99. The lowest BCUT2D eigenvalue weighted by Gasteiger charge is -2.20. The van der Waals surface area contributed by atoms with Crippen LogP contribution in [0.3, 0.4) is 0 Å². The van der Waals surface area contributed by atoms with E-state index in [0.29, 0.717) is 5.92 Å². The van der Waals surface area contributed by atoms with Crippen LogP contribution in [0.25, 0.3) is 0 Å². The SMILES string of the molecule is C#CCCCCNC(=O)CC1CCCCC1. The summed E-state index contributed by atoms with van der Waals surface area (Å²) in [4.78, 5) is 11.6. The van der Waals surface area contributed by atoms with Crippen molar-refractivity contribution in [3.8, 4) is 12.3 Å². The highest BCUT2D eigenvalue weighted by Gasteiger charge is 2.16. The molecule has 0 aromatic carbocycles. The summed E-state index contributed by atoms with van der Waals surface area (Å²) in [6.45, 7) is 0.785. The van der Waals surface area contributed by atoms with Gasteiger partial charge >= 0.3 is 0 Å². The van der Waals surface area contributed by atoms with Crippen molar-refractivity contribution < 1.29 is 4.79 Å². The molecular weight excluding hydrogens is 198 g/mol. The molecule has 0 unspecified atom stereocenters. The molecule has 90 valence electrons.